The van der Waals surface area contributed by atoms with Crippen molar-refractivity contribution in [2.75, 3.05) is 0 Å². The Labute approximate surface area is 73.8 Å². The maximum Gasteiger partial charge on any atom is 0.133 e. The van der Waals surface area contributed by atoms with Crippen LogP contribution in [0.2, 0.25) is 0 Å². The molecule has 0 saturated heterocycles. The van der Waals surface area contributed by atoms with Gasteiger partial charge in [-0.05, 0) is 38.0 Å². The van der Waals surface area contributed by atoms with E-state index in [0.717, 1.165) is 12.3 Å². The molecule has 2 rings (SSSR count). The lowest BCUT2D eigenvalue weighted by molar-refractivity contribution is -0.122. The number of fused-ring (bicyclic) bond motifs is 1. The fourth-order valence-corrected chi connectivity index (χ4v) is 2.80. The Morgan fingerprint density at radius 1 is 1.42 bits per heavy atom. The summed E-state index contributed by atoms with van der Waals surface area (Å²) in [6.07, 6.45) is 9.44. The molecular weight excluding hydrogens is 148 g/mol. The zero-order chi connectivity index (χ0) is 8.55. The van der Waals surface area contributed by atoms with Gasteiger partial charge in [0, 0.05) is 5.92 Å². The largest absolute Gasteiger partial charge is 0.300 e. The Balaban J connectivity index is 2.16. The van der Waals surface area contributed by atoms with E-state index in [-0.39, 0.29) is 0 Å². The Morgan fingerprint density at radius 3 is 3.00 bits per heavy atom. The normalized spacial score (nSPS) is 39.6. The molecular formula is C11H16O. The van der Waals surface area contributed by atoms with Gasteiger partial charge in [-0.2, -0.15) is 0 Å². The molecule has 12 heavy (non-hydrogen) atoms. The van der Waals surface area contributed by atoms with E-state index in [4.69, 9.17) is 0 Å². The second-order valence-corrected chi connectivity index (χ2v) is 4.14. The van der Waals surface area contributed by atoms with Crippen LogP contribution in [0, 0.1) is 17.8 Å². The summed E-state index contributed by atoms with van der Waals surface area (Å²) in [4.78, 5) is 11.3. The molecule has 1 heteroatoms. The highest BCUT2D eigenvalue weighted by atomic mass is 16.1. The molecule has 2 aliphatic rings. The molecule has 0 N–H and O–H groups in total. The summed E-state index contributed by atoms with van der Waals surface area (Å²) in [5.74, 6) is 2.17. The first-order chi connectivity index (χ1) is 5.79. The average molecular weight is 164 g/mol. The fraction of sp³-hybridized carbons (Fsp3) is 0.727. The van der Waals surface area contributed by atoms with Crippen molar-refractivity contribution in [2.45, 2.75) is 32.6 Å². The molecule has 0 heterocycles. The van der Waals surface area contributed by atoms with Crippen LogP contribution in [0.3, 0.4) is 0 Å². The number of hydrogen-bond acceptors (Lipinski definition) is 1. The lowest BCUT2D eigenvalue weighted by Crippen LogP contribution is -2.26. The van der Waals surface area contributed by atoms with E-state index < -0.39 is 0 Å². The standard InChI is InChI=1S/C11H16O/c1-8(12)10-6-2-4-9-5-3-7-11(9)10/h2,4,9-11H,3,5-7H2,1H3. The molecule has 0 aromatic heterocycles. The fourth-order valence-electron chi connectivity index (χ4n) is 2.80. The monoisotopic (exact) mass is 164 g/mol. The molecule has 66 valence electrons. The minimum Gasteiger partial charge on any atom is -0.300 e. The number of rotatable bonds is 1. The molecule has 1 fully saturated rings. The zero-order valence-corrected chi connectivity index (χ0v) is 7.62. The van der Waals surface area contributed by atoms with Crippen LogP contribution in [0.4, 0.5) is 0 Å². The number of carbonyl (C=O) groups is 1. The molecule has 0 bridgehead atoms. The summed E-state index contributed by atoms with van der Waals surface area (Å²) in [5, 5.41) is 0. The van der Waals surface area contributed by atoms with Crippen LogP contribution < -0.4 is 0 Å². The molecule has 1 nitrogen and oxygen atoms in total. The lowest BCUT2D eigenvalue weighted by Gasteiger charge is -2.27. The van der Waals surface area contributed by atoms with Crippen molar-refractivity contribution in [1.82, 2.24) is 0 Å². The Kier molecular flexibility index (Phi) is 2.03. The number of ketones is 1. The van der Waals surface area contributed by atoms with Crippen LogP contribution in [-0.2, 0) is 4.79 Å². The van der Waals surface area contributed by atoms with Gasteiger partial charge in [-0.1, -0.05) is 18.6 Å². The van der Waals surface area contributed by atoms with Crippen molar-refractivity contribution in [1.29, 1.82) is 0 Å². The molecule has 0 spiro atoms. The highest BCUT2D eigenvalue weighted by Crippen LogP contribution is 2.42. The van der Waals surface area contributed by atoms with Gasteiger partial charge in [0.1, 0.15) is 5.78 Å². The van der Waals surface area contributed by atoms with E-state index >= 15 is 0 Å². The minimum atomic E-state index is 0.350. The second-order valence-electron chi connectivity index (χ2n) is 4.14. The second kappa shape index (κ2) is 3.04. The SMILES string of the molecule is CC(=O)C1CC=CC2CCCC21. The van der Waals surface area contributed by atoms with Gasteiger partial charge in [-0.3, -0.25) is 4.79 Å². The van der Waals surface area contributed by atoms with Crippen molar-refractivity contribution in [3.8, 4) is 0 Å². The first kappa shape index (κ1) is 8.03. The van der Waals surface area contributed by atoms with Crippen LogP contribution in [0.1, 0.15) is 32.6 Å². The molecule has 0 aromatic rings. The van der Waals surface area contributed by atoms with Gasteiger partial charge >= 0.3 is 0 Å². The van der Waals surface area contributed by atoms with Crippen LogP contribution in [-0.4, -0.2) is 5.78 Å². The molecule has 0 amide bonds. The minimum absolute atomic E-state index is 0.350. The topological polar surface area (TPSA) is 17.1 Å². The number of allylic oxidation sites excluding steroid dienone is 2. The number of hydrogen-bond donors (Lipinski definition) is 0. The number of carbonyl (C=O) groups excluding carboxylic acids is 1. The maximum absolute atomic E-state index is 11.3. The molecule has 3 atom stereocenters. The summed E-state index contributed by atoms with van der Waals surface area (Å²) in [6, 6.07) is 0. The van der Waals surface area contributed by atoms with E-state index in [2.05, 4.69) is 12.2 Å². The van der Waals surface area contributed by atoms with Gasteiger partial charge in [0.25, 0.3) is 0 Å². The smallest absolute Gasteiger partial charge is 0.133 e. The lowest BCUT2D eigenvalue weighted by atomic mass is 9.76. The van der Waals surface area contributed by atoms with Crippen LogP contribution in [0.5, 0.6) is 0 Å². The molecule has 0 radical (unpaired) electrons. The van der Waals surface area contributed by atoms with Crippen molar-refractivity contribution >= 4 is 5.78 Å². The van der Waals surface area contributed by atoms with Crippen LogP contribution in [0.25, 0.3) is 0 Å². The third-order valence-corrected chi connectivity index (χ3v) is 3.44. The van der Waals surface area contributed by atoms with Crippen molar-refractivity contribution in [2.24, 2.45) is 17.8 Å². The zero-order valence-electron chi connectivity index (χ0n) is 7.62. The third kappa shape index (κ3) is 1.21. The summed E-state index contributed by atoms with van der Waals surface area (Å²) in [6.45, 7) is 1.75. The first-order valence-electron chi connectivity index (χ1n) is 4.96. The Hall–Kier alpha value is -0.590. The molecule has 0 aromatic carbocycles. The first-order valence-corrected chi connectivity index (χ1v) is 4.96. The quantitative estimate of drug-likeness (QED) is 0.544. The van der Waals surface area contributed by atoms with Crippen molar-refractivity contribution in [3.63, 3.8) is 0 Å². The third-order valence-electron chi connectivity index (χ3n) is 3.44. The van der Waals surface area contributed by atoms with Crippen LogP contribution >= 0.6 is 0 Å². The van der Waals surface area contributed by atoms with E-state index in [1.165, 1.54) is 19.3 Å². The van der Waals surface area contributed by atoms with Gasteiger partial charge in [0.15, 0.2) is 0 Å². The summed E-state index contributed by atoms with van der Waals surface area (Å²) in [7, 11) is 0. The van der Waals surface area contributed by atoms with Crippen molar-refractivity contribution < 1.29 is 4.79 Å². The van der Waals surface area contributed by atoms with Gasteiger partial charge < -0.3 is 0 Å². The van der Waals surface area contributed by atoms with E-state index in [0.29, 0.717) is 17.6 Å². The predicted molar refractivity (Wildman–Crippen MR) is 48.8 cm³/mol. The predicted octanol–water partition coefficient (Wildman–Crippen LogP) is 2.57. The Bertz CT molecular complexity index is 217. The van der Waals surface area contributed by atoms with Gasteiger partial charge in [-0.15, -0.1) is 0 Å². The summed E-state index contributed by atoms with van der Waals surface area (Å²) >= 11 is 0. The number of Topliss-reactive ketones (excluding diaryl/α,β-unsaturated/α-hetero) is 1. The molecule has 1 saturated carbocycles. The van der Waals surface area contributed by atoms with Gasteiger partial charge in [0.05, 0.1) is 0 Å². The average Bonchev–Trinajstić information content (AvgIpc) is 2.49. The van der Waals surface area contributed by atoms with Gasteiger partial charge in [-0.25, -0.2) is 0 Å². The summed E-state index contributed by atoms with van der Waals surface area (Å²) in [5.41, 5.74) is 0. The maximum atomic E-state index is 11.3. The molecule has 0 aliphatic heterocycles. The Morgan fingerprint density at radius 2 is 2.25 bits per heavy atom. The van der Waals surface area contributed by atoms with Crippen molar-refractivity contribution in [3.05, 3.63) is 12.2 Å². The molecule has 3 unspecified atom stereocenters. The highest BCUT2D eigenvalue weighted by molar-refractivity contribution is 5.79. The van der Waals surface area contributed by atoms with E-state index in [1.807, 2.05) is 0 Å². The van der Waals surface area contributed by atoms with Gasteiger partial charge in [0.2, 0.25) is 0 Å². The highest BCUT2D eigenvalue weighted by Gasteiger charge is 2.35. The van der Waals surface area contributed by atoms with Crippen LogP contribution in [0.15, 0.2) is 12.2 Å². The van der Waals surface area contributed by atoms with E-state index in [9.17, 15) is 4.79 Å². The molecule has 2 aliphatic carbocycles. The van der Waals surface area contributed by atoms with E-state index in [1.54, 1.807) is 6.92 Å². The summed E-state index contributed by atoms with van der Waals surface area (Å²) < 4.78 is 0.